The molecular formula is C15H18N4O2S. The normalized spacial score (nSPS) is 17.2. The number of nitrogens with one attached hydrogen (secondary N) is 1. The van der Waals surface area contributed by atoms with Gasteiger partial charge in [0.05, 0.1) is 30.0 Å². The lowest BCUT2D eigenvalue weighted by Crippen LogP contribution is -2.45. The highest BCUT2D eigenvalue weighted by Crippen LogP contribution is 2.26. The Morgan fingerprint density at radius 2 is 2.18 bits per heavy atom. The minimum atomic E-state index is -0.428. The zero-order valence-corrected chi connectivity index (χ0v) is 13.6. The van der Waals surface area contributed by atoms with E-state index >= 15 is 0 Å². The molecule has 1 unspecified atom stereocenters. The number of hydrogen-bond donors (Lipinski definition) is 1. The van der Waals surface area contributed by atoms with Crippen LogP contribution in [0.4, 0.5) is 0 Å². The standard InChI is InChI=1S/C15H18N4O2S/c1-9-4-13(22-10(9)2)15(21)18-6-11-5-17-8-19(11)12(7-18)14(20)16-3/h4-5,8,12H,6-7H2,1-3H3,(H,16,20). The molecule has 22 heavy (non-hydrogen) atoms. The fourth-order valence-electron chi connectivity index (χ4n) is 2.66. The van der Waals surface area contributed by atoms with Gasteiger partial charge in [0, 0.05) is 18.1 Å². The Morgan fingerprint density at radius 3 is 2.82 bits per heavy atom. The summed E-state index contributed by atoms with van der Waals surface area (Å²) in [5, 5.41) is 2.65. The molecule has 0 radical (unpaired) electrons. The number of fused-ring (bicyclic) bond motifs is 1. The van der Waals surface area contributed by atoms with Crippen LogP contribution in [0.3, 0.4) is 0 Å². The van der Waals surface area contributed by atoms with Crippen LogP contribution in [0.2, 0.25) is 0 Å². The van der Waals surface area contributed by atoms with E-state index in [-0.39, 0.29) is 11.8 Å². The van der Waals surface area contributed by atoms with Crippen LogP contribution in [-0.4, -0.2) is 39.9 Å². The zero-order chi connectivity index (χ0) is 15.9. The first-order valence-corrected chi connectivity index (χ1v) is 7.91. The van der Waals surface area contributed by atoms with Gasteiger partial charge in [-0.05, 0) is 25.5 Å². The van der Waals surface area contributed by atoms with Gasteiger partial charge < -0.3 is 14.8 Å². The quantitative estimate of drug-likeness (QED) is 0.912. The van der Waals surface area contributed by atoms with Crippen LogP contribution >= 0.6 is 11.3 Å². The summed E-state index contributed by atoms with van der Waals surface area (Å²) >= 11 is 1.50. The maximum absolute atomic E-state index is 12.7. The fraction of sp³-hybridized carbons (Fsp3) is 0.400. The first kappa shape index (κ1) is 14.8. The Morgan fingerprint density at radius 1 is 1.41 bits per heavy atom. The van der Waals surface area contributed by atoms with Crippen molar-refractivity contribution < 1.29 is 9.59 Å². The van der Waals surface area contributed by atoms with Crippen molar-refractivity contribution in [3.63, 3.8) is 0 Å². The molecule has 7 heteroatoms. The predicted molar refractivity (Wildman–Crippen MR) is 83.9 cm³/mol. The van der Waals surface area contributed by atoms with Gasteiger partial charge in [-0.1, -0.05) is 0 Å². The average Bonchev–Trinajstić information content (AvgIpc) is 3.11. The minimum absolute atomic E-state index is 0.0254. The number of imidazole rings is 1. The van der Waals surface area contributed by atoms with Crippen molar-refractivity contribution in [3.05, 3.63) is 39.6 Å². The van der Waals surface area contributed by atoms with E-state index < -0.39 is 6.04 Å². The second-order valence-electron chi connectivity index (χ2n) is 5.46. The lowest BCUT2D eigenvalue weighted by atomic mass is 10.1. The molecule has 1 aliphatic heterocycles. The van der Waals surface area contributed by atoms with Gasteiger partial charge in [0.15, 0.2) is 0 Å². The highest BCUT2D eigenvalue weighted by Gasteiger charge is 2.32. The molecule has 1 N–H and O–H groups in total. The summed E-state index contributed by atoms with van der Waals surface area (Å²) in [7, 11) is 1.60. The van der Waals surface area contributed by atoms with Crippen molar-refractivity contribution in [3.8, 4) is 0 Å². The summed E-state index contributed by atoms with van der Waals surface area (Å²) in [6.07, 6.45) is 3.36. The SMILES string of the molecule is CNC(=O)C1CN(C(=O)c2cc(C)c(C)s2)Cc2cncn21. The Kier molecular flexibility index (Phi) is 3.74. The molecule has 3 heterocycles. The second-order valence-corrected chi connectivity index (χ2v) is 6.71. The molecule has 1 atom stereocenters. The van der Waals surface area contributed by atoms with Crippen LogP contribution < -0.4 is 5.32 Å². The molecule has 3 rings (SSSR count). The van der Waals surface area contributed by atoms with Crippen LogP contribution in [-0.2, 0) is 11.3 Å². The Balaban J connectivity index is 1.90. The zero-order valence-electron chi connectivity index (χ0n) is 12.8. The third kappa shape index (κ3) is 2.41. The monoisotopic (exact) mass is 318 g/mol. The van der Waals surface area contributed by atoms with Crippen LogP contribution in [0.25, 0.3) is 0 Å². The summed E-state index contributed by atoms with van der Waals surface area (Å²) < 4.78 is 1.84. The molecule has 6 nitrogen and oxygen atoms in total. The molecule has 116 valence electrons. The van der Waals surface area contributed by atoms with E-state index in [1.54, 1.807) is 24.5 Å². The van der Waals surface area contributed by atoms with Crippen molar-refractivity contribution in [1.29, 1.82) is 0 Å². The molecule has 0 saturated heterocycles. The molecular weight excluding hydrogens is 300 g/mol. The van der Waals surface area contributed by atoms with Crippen molar-refractivity contribution >= 4 is 23.2 Å². The Hall–Kier alpha value is -2.15. The van der Waals surface area contributed by atoms with Crippen LogP contribution in [0.15, 0.2) is 18.6 Å². The number of carbonyl (C=O) groups is 2. The summed E-state index contributed by atoms with van der Waals surface area (Å²) in [6.45, 7) is 4.84. The van der Waals surface area contributed by atoms with Crippen LogP contribution in [0.1, 0.15) is 31.8 Å². The van der Waals surface area contributed by atoms with E-state index in [2.05, 4.69) is 10.3 Å². The molecule has 0 aliphatic carbocycles. The summed E-state index contributed by atoms with van der Waals surface area (Å²) in [6, 6.07) is 1.49. The van der Waals surface area contributed by atoms with Crippen molar-refractivity contribution in [2.24, 2.45) is 0 Å². The van der Waals surface area contributed by atoms with Gasteiger partial charge in [0.25, 0.3) is 5.91 Å². The maximum atomic E-state index is 12.7. The number of carbonyl (C=O) groups excluding carboxylic acids is 2. The van der Waals surface area contributed by atoms with Gasteiger partial charge in [-0.15, -0.1) is 11.3 Å². The van der Waals surface area contributed by atoms with Crippen molar-refractivity contribution in [1.82, 2.24) is 19.8 Å². The van der Waals surface area contributed by atoms with Crippen molar-refractivity contribution in [2.75, 3.05) is 13.6 Å². The van der Waals surface area contributed by atoms with E-state index in [4.69, 9.17) is 0 Å². The number of rotatable bonds is 2. The Bertz CT molecular complexity index is 714. The third-order valence-corrected chi connectivity index (χ3v) is 5.18. The van der Waals surface area contributed by atoms with Gasteiger partial charge in [-0.25, -0.2) is 4.98 Å². The molecule has 2 aromatic heterocycles. The first-order chi connectivity index (χ1) is 10.5. The number of likely N-dealkylation sites (N-methyl/N-ethyl adjacent to an activating group) is 1. The van der Waals surface area contributed by atoms with Gasteiger partial charge >= 0.3 is 0 Å². The number of thiophene rings is 1. The highest BCUT2D eigenvalue weighted by molar-refractivity contribution is 7.14. The van der Waals surface area contributed by atoms with Gasteiger partial charge in [0.2, 0.25) is 5.91 Å². The molecule has 2 aromatic rings. The van der Waals surface area contributed by atoms with Gasteiger partial charge in [-0.3, -0.25) is 9.59 Å². The first-order valence-electron chi connectivity index (χ1n) is 7.10. The molecule has 0 fully saturated rings. The second kappa shape index (κ2) is 5.57. The molecule has 0 aromatic carbocycles. The summed E-state index contributed by atoms with van der Waals surface area (Å²) in [4.78, 5) is 32.5. The highest BCUT2D eigenvalue weighted by atomic mass is 32.1. The van der Waals surface area contributed by atoms with E-state index in [9.17, 15) is 9.59 Å². The van der Waals surface area contributed by atoms with Crippen LogP contribution in [0, 0.1) is 13.8 Å². The molecule has 2 amide bonds. The molecule has 1 aliphatic rings. The molecule has 0 bridgehead atoms. The largest absolute Gasteiger partial charge is 0.357 e. The topological polar surface area (TPSA) is 67.2 Å². The number of aryl methyl sites for hydroxylation is 2. The smallest absolute Gasteiger partial charge is 0.264 e. The minimum Gasteiger partial charge on any atom is -0.357 e. The van der Waals surface area contributed by atoms with E-state index in [1.165, 1.54) is 11.3 Å². The number of nitrogens with zero attached hydrogens (tertiary/aromatic N) is 3. The number of amides is 2. The average molecular weight is 318 g/mol. The Labute approximate surface area is 132 Å². The van der Waals surface area contributed by atoms with E-state index in [1.807, 2.05) is 24.5 Å². The third-order valence-electron chi connectivity index (χ3n) is 4.04. The predicted octanol–water partition coefficient (Wildman–Crippen LogP) is 1.50. The van der Waals surface area contributed by atoms with Gasteiger partial charge in [0.1, 0.15) is 6.04 Å². The fourth-order valence-corrected chi connectivity index (χ4v) is 3.66. The summed E-state index contributed by atoms with van der Waals surface area (Å²) in [5.74, 6) is -0.141. The van der Waals surface area contributed by atoms with E-state index in [0.29, 0.717) is 13.1 Å². The summed E-state index contributed by atoms with van der Waals surface area (Å²) in [5.41, 5.74) is 2.00. The van der Waals surface area contributed by atoms with Gasteiger partial charge in [-0.2, -0.15) is 0 Å². The van der Waals surface area contributed by atoms with Crippen molar-refractivity contribution in [2.45, 2.75) is 26.4 Å². The number of aromatic nitrogens is 2. The molecule has 0 saturated carbocycles. The number of hydrogen-bond acceptors (Lipinski definition) is 4. The van der Waals surface area contributed by atoms with E-state index in [0.717, 1.165) is 21.0 Å². The van der Waals surface area contributed by atoms with Crippen LogP contribution in [0.5, 0.6) is 0 Å². The lowest BCUT2D eigenvalue weighted by Gasteiger charge is -2.33. The molecule has 0 spiro atoms. The lowest BCUT2D eigenvalue weighted by molar-refractivity contribution is -0.124. The maximum Gasteiger partial charge on any atom is 0.264 e.